The van der Waals surface area contributed by atoms with Gasteiger partial charge in [-0.05, 0) is 41.0 Å². The summed E-state index contributed by atoms with van der Waals surface area (Å²) in [5.41, 5.74) is 1.63. The number of nitrogens with zero attached hydrogens (tertiary/aromatic N) is 1. The number of nitrogens with one attached hydrogen (secondary N) is 1. The van der Waals surface area contributed by atoms with Crippen LogP contribution in [0, 0.1) is 10.1 Å². The number of carbonyl (C=O) groups excluding carboxylic acids is 2. The third-order valence-electron chi connectivity index (χ3n) is 4.47. The van der Waals surface area contributed by atoms with Gasteiger partial charge >= 0.3 is 12.1 Å². The number of ether oxygens (including phenoxy) is 2. The second-order valence-electron chi connectivity index (χ2n) is 6.76. The Balaban J connectivity index is 1.66. The molecule has 32 heavy (non-hydrogen) atoms. The highest BCUT2D eigenvalue weighted by molar-refractivity contribution is 5.82. The fourth-order valence-corrected chi connectivity index (χ4v) is 2.78. The quantitative estimate of drug-likeness (QED) is 0.310. The van der Waals surface area contributed by atoms with Crippen LogP contribution in [-0.4, -0.2) is 22.1 Å². The fraction of sp³-hybridized carbons (Fsp3) is 0.130. The average molecular weight is 436 g/mol. The highest BCUT2D eigenvalue weighted by atomic mass is 16.6. The van der Waals surface area contributed by atoms with Crippen LogP contribution >= 0.6 is 0 Å². The molecule has 0 aromatic heterocycles. The summed E-state index contributed by atoms with van der Waals surface area (Å²) in [6.07, 6.45) is -0.820. The molecule has 1 amide bonds. The van der Waals surface area contributed by atoms with Crippen molar-refractivity contribution < 1.29 is 29.1 Å². The van der Waals surface area contributed by atoms with E-state index in [1.807, 2.05) is 18.2 Å². The van der Waals surface area contributed by atoms with Gasteiger partial charge in [-0.2, -0.15) is 0 Å². The molecule has 0 aliphatic carbocycles. The number of hydrogen-bond acceptors (Lipinski definition) is 7. The molecule has 0 spiro atoms. The molecule has 164 valence electrons. The zero-order valence-electron chi connectivity index (χ0n) is 16.8. The van der Waals surface area contributed by atoms with E-state index in [0.717, 1.165) is 5.56 Å². The van der Waals surface area contributed by atoms with Crippen LogP contribution in [0.5, 0.6) is 5.75 Å². The third kappa shape index (κ3) is 6.30. The first-order chi connectivity index (χ1) is 15.4. The molecule has 0 fully saturated rings. The summed E-state index contributed by atoms with van der Waals surface area (Å²) in [4.78, 5) is 35.2. The minimum absolute atomic E-state index is 0.00148. The molecule has 3 aromatic rings. The number of phenolic OH excluding ortho intramolecular Hbond substituents is 1. The van der Waals surface area contributed by atoms with Crippen molar-refractivity contribution in [2.45, 2.75) is 19.3 Å². The number of carbonyl (C=O) groups is 2. The first-order valence-corrected chi connectivity index (χ1v) is 9.58. The SMILES string of the molecule is O=C(N[C@H](C(=O)OCc1ccc([N+](=O)[O-])cc1)c1ccc(O)cc1)OCc1ccccc1. The molecule has 9 nitrogen and oxygen atoms in total. The van der Waals surface area contributed by atoms with E-state index in [4.69, 9.17) is 9.47 Å². The van der Waals surface area contributed by atoms with Gasteiger partial charge in [0, 0.05) is 12.1 Å². The number of nitro benzene ring substituents is 1. The molecule has 0 heterocycles. The van der Waals surface area contributed by atoms with Crippen LogP contribution in [0.3, 0.4) is 0 Å². The number of nitro groups is 1. The van der Waals surface area contributed by atoms with Crippen molar-refractivity contribution in [3.05, 3.63) is 106 Å². The van der Waals surface area contributed by atoms with Gasteiger partial charge in [0.25, 0.3) is 5.69 Å². The van der Waals surface area contributed by atoms with Crippen molar-refractivity contribution in [2.75, 3.05) is 0 Å². The maximum absolute atomic E-state index is 12.7. The highest BCUT2D eigenvalue weighted by Crippen LogP contribution is 2.20. The molecule has 0 aliphatic heterocycles. The van der Waals surface area contributed by atoms with E-state index in [-0.39, 0.29) is 24.7 Å². The Morgan fingerprint density at radius 3 is 2.09 bits per heavy atom. The third-order valence-corrected chi connectivity index (χ3v) is 4.47. The van der Waals surface area contributed by atoms with Crippen LogP contribution in [0.25, 0.3) is 0 Å². The molecule has 0 bridgehead atoms. The lowest BCUT2D eigenvalue weighted by Gasteiger charge is -2.18. The molecule has 3 rings (SSSR count). The molecule has 0 unspecified atom stereocenters. The lowest BCUT2D eigenvalue weighted by atomic mass is 10.1. The number of benzene rings is 3. The maximum atomic E-state index is 12.7. The first-order valence-electron chi connectivity index (χ1n) is 9.58. The summed E-state index contributed by atoms with van der Waals surface area (Å²) in [5.74, 6) is -0.760. The summed E-state index contributed by atoms with van der Waals surface area (Å²) < 4.78 is 10.5. The number of rotatable bonds is 8. The van der Waals surface area contributed by atoms with Gasteiger partial charge in [0.1, 0.15) is 19.0 Å². The number of aromatic hydroxyl groups is 1. The van der Waals surface area contributed by atoms with E-state index >= 15 is 0 Å². The molecular weight excluding hydrogens is 416 g/mol. The molecule has 0 saturated heterocycles. The van der Waals surface area contributed by atoms with E-state index in [2.05, 4.69) is 5.32 Å². The van der Waals surface area contributed by atoms with Gasteiger partial charge in [-0.15, -0.1) is 0 Å². The van der Waals surface area contributed by atoms with Gasteiger partial charge in [-0.3, -0.25) is 10.1 Å². The summed E-state index contributed by atoms with van der Waals surface area (Å²) in [6, 6.07) is 19.1. The Kier molecular flexibility index (Phi) is 7.37. The van der Waals surface area contributed by atoms with Crippen LogP contribution in [0.4, 0.5) is 10.5 Å². The van der Waals surface area contributed by atoms with Gasteiger partial charge in [-0.25, -0.2) is 9.59 Å². The molecule has 0 aliphatic rings. The molecule has 9 heteroatoms. The van der Waals surface area contributed by atoms with Crippen molar-refractivity contribution in [1.82, 2.24) is 5.32 Å². The number of hydrogen-bond donors (Lipinski definition) is 2. The van der Waals surface area contributed by atoms with Crippen LogP contribution in [0.1, 0.15) is 22.7 Å². The van der Waals surface area contributed by atoms with E-state index in [1.165, 1.54) is 48.5 Å². The van der Waals surface area contributed by atoms with E-state index in [0.29, 0.717) is 11.1 Å². The zero-order valence-corrected chi connectivity index (χ0v) is 16.8. The topological polar surface area (TPSA) is 128 Å². The second-order valence-corrected chi connectivity index (χ2v) is 6.76. The number of phenols is 1. The molecule has 0 radical (unpaired) electrons. The minimum Gasteiger partial charge on any atom is -0.508 e. The van der Waals surface area contributed by atoms with Crippen molar-refractivity contribution >= 4 is 17.7 Å². The van der Waals surface area contributed by atoms with E-state index in [1.54, 1.807) is 12.1 Å². The van der Waals surface area contributed by atoms with E-state index < -0.39 is 23.0 Å². The molecular formula is C23H20N2O7. The normalized spacial score (nSPS) is 11.2. The van der Waals surface area contributed by atoms with Crippen LogP contribution in [-0.2, 0) is 27.5 Å². The number of alkyl carbamates (subject to hydrolysis) is 1. The Bertz CT molecular complexity index is 1070. The number of esters is 1. The van der Waals surface area contributed by atoms with Crippen molar-refractivity contribution in [3.8, 4) is 5.75 Å². The minimum atomic E-state index is -1.18. The zero-order chi connectivity index (χ0) is 22.9. The van der Waals surface area contributed by atoms with Crippen LogP contribution in [0.15, 0.2) is 78.9 Å². The first kappa shape index (κ1) is 22.3. The van der Waals surface area contributed by atoms with Gasteiger partial charge in [0.05, 0.1) is 4.92 Å². The monoisotopic (exact) mass is 436 g/mol. The van der Waals surface area contributed by atoms with E-state index in [9.17, 15) is 24.8 Å². The summed E-state index contributed by atoms with van der Waals surface area (Å²) in [7, 11) is 0. The van der Waals surface area contributed by atoms with Crippen molar-refractivity contribution in [1.29, 1.82) is 0 Å². The molecule has 0 saturated carbocycles. The van der Waals surface area contributed by atoms with Gasteiger partial charge in [-0.1, -0.05) is 42.5 Å². The van der Waals surface area contributed by atoms with Gasteiger partial charge in [0.2, 0.25) is 0 Å². The summed E-state index contributed by atoms with van der Waals surface area (Å²) in [5, 5.41) is 22.7. The lowest BCUT2D eigenvalue weighted by Crippen LogP contribution is -2.35. The van der Waals surface area contributed by atoms with Gasteiger partial charge < -0.3 is 19.9 Å². The summed E-state index contributed by atoms with van der Waals surface area (Å²) >= 11 is 0. The smallest absolute Gasteiger partial charge is 0.408 e. The lowest BCUT2D eigenvalue weighted by molar-refractivity contribution is -0.384. The predicted octanol–water partition coefficient (Wildman–Crippen LogP) is 4.01. The Morgan fingerprint density at radius 1 is 0.875 bits per heavy atom. The van der Waals surface area contributed by atoms with Gasteiger partial charge in [0.15, 0.2) is 6.04 Å². The predicted molar refractivity (Wildman–Crippen MR) is 114 cm³/mol. The van der Waals surface area contributed by atoms with Crippen molar-refractivity contribution in [2.24, 2.45) is 0 Å². The standard InChI is InChI=1S/C23H20N2O7/c26-20-12-8-18(9-13-20)21(24-23(28)32-15-16-4-2-1-3-5-16)22(27)31-14-17-6-10-19(11-7-17)25(29)30/h1-13,21,26H,14-15H2,(H,24,28)/t21-/m0/s1. The van der Waals surface area contributed by atoms with Crippen molar-refractivity contribution in [3.63, 3.8) is 0 Å². The maximum Gasteiger partial charge on any atom is 0.408 e. The highest BCUT2D eigenvalue weighted by Gasteiger charge is 2.25. The second kappa shape index (κ2) is 10.6. The number of amides is 1. The van der Waals surface area contributed by atoms with Crippen LogP contribution in [0.2, 0.25) is 0 Å². The fourth-order valence-electron chi connectivity index (χ4n) is 2.78. The summed E-state index contributed by atoms with van der Waals surface area (Å²) in [6.45, 7) is -0.126. The van der Waals surface area contributed by atoms with Crippen LogP contribution < -0.4 is 5.32 Å². The average Bonchev–Trinajstić information content (AvgIpc) is 2.81. The Labute approximate surface area is 183 Å². The molecule has 2 N–H and O–H groups in total. The molecule has 3 aromatic carbocycles. The number of non-ortho nitro benzene ring substituents is 1. The Hall–Kier alpha value is -4.40. The Morgan fingerprint density at radius 2 is 1.47 bits per heavy atom. The largest absolute Gasteiger partial charge is 0.508 e. The molecule has 1 atom stereocenters.